The number of nitrogens with zero attached hydrogens (tertiary/aromatic N) is 1. The lowest BCUT2D eigenvalue weighted by Crippen LogP contribution is -2.63. The number of hydrogen-bond donors (Lipinski definition) is 0. The number of fused-ring (bicyclic) bond motifs is 1. The average molecular weight is 365 g/mol. The van der Waals surface area contributed by atoms with Crippen molar-refractivity contribution >= 4 is 6.09 Å². The number of rotatable bonds is 5. The highest BCUT2D eigenvalue weighted by Crippen LogP contribution is 2.50. The summed E-state index contributed by atoms with van der Waals surface area (Å²) in [6, 6.07) is 19.9. The smallest absolute Gasteiger partial charge is 0.416 e. The lowest BCUT2D eigenvalue weighted by Gasteiger charge is -2.46. The van der Waals surface area contributed by atoms with Crippen molar-refractivity contribution in [1.82, 2.24) is 4.90 Å². The Hall–Kier alpha value is -2.79. The molecule has 2 aliphatic heterocycles. The van der Waals surface area contributed by atoms with E-state index in [0.29, 0.717) is 25.1 Å². The molecule has 1 amide bonds. The summed E-state index contributed by atoms with van der Waals surface area (Å²) in [5.74, 6) is -0.775. The van der Waals surface area contributed by atoms with E-state index in [0.717, 1.165) is 11.1 Å². The van der Waals surface area contributed by atoms with E-state index in [4.69, 9.17) is 14.2 Å². The number of carbonyl (C=O) groups excluding carboxylic acids is 1. The first-order valence-corrected chi connectivity index (χ1v) is 9.08. The molecule has 0 spiro atoms. The zero-order chi connectivity index (χ0) is 18.9. The van der Waals surface area contributed by atoms with Crippen LogP contribution in [0.5, 0.6) is 0 Å². The second kappa shape index (κ2) is 6.74. The van der Waals surface area contributed by atoms with Gasteiger partial charge in [0.2, 0.25) is 0 Å². The SMILES string of the molecule is COC12OC(=O)N(Cc3ccccc3)C1(Cc1ccccc1)CC=C(C)O2. The van der Waals surface area contributed by atoms with Gasteiger partial charge in [-0.05, 0) is 24.1 Å². The van der Waals surface area contributed by atoms with Gasteiger partial charge in [0.05, 0.1) is 12.3 Å². The molecule has 2 aromatic rings. The normalized spacial score (nSPS) is 26.8. The van der Waals surface area contributed by atoms with Gasteiger partial charge in [-0.15, -0.1) is 0 Å². The minimum atomic E-state index is -1.46. The van der Waals surface area contributed by atoms with Crippen LogP contribution in [0.2, 0.25) is 0 Å². The summed E-state index contributed by atoms with van der Waals surface area (Å²) in [5, 5.41) is 0. The molecule has 5 nitrogen and oxygen atoms in total. The molecule has 0 aliphatic carbocycles. The predicted octanol–water partition coefficient (Wildman–Crippen LogP) is 4.24. The molecule has 1 saturated heterocycles. The van der Waals surface area contributed by atoms with E-state index in [2.05, 4.69) is 0 Å². The molecule has 2 aliphatic rings. The lowest BCUT2D eigenvalue weighted by atomic mass is 9.82. The van der Waals surface area contributed by atoms with E-state index in [1.165, 1.54) is 7.11 Å². The molecule has 0 N–H and O–H groups in total. The van der Waals surface area contributed by atoms with Gasteiger partial charge in [-0.1, -0.05) is 60.7 Å². The number of benzene rings is 2. The highest BCUT2D eigenvalue weighted by molar-refractivity contribution is 5.73. The Morgan fingerprint density at radius 1 is 1.00 bits per heavy atom. The van der Waals surface area contributed by atoms with Crippen molar-refractivity contribution in [3.05, 3.63) is 83.6 Å². The summed E-state index contributed by atoms with van der Waals surface area (Å²) in [6.07, 6.45) is 2.71. The Morgan fingerprint density at radius 3 is 2.26 bits per heavy atom. The zero-order valence-electron chi connectivity index (χ0n) is 15.6. The fourth-order valence-corrected chi connectivity index (χ4v) is 3.99. The Labute approximate surface area is 159 Å². The summed E-state index contributed by atoms with van der Waals surface area (Å²) >= 11 is 0. The first-order valence-electron chi connectivity index (χ1n) is 9.08. The maximum absolute atomic E-state index is 12.9. The first kappa shape index (κ1) is 17.6. The highest BCUT2D eigenvalue weighted by atomic mass is 16.9. The maximum atomic E-state index is 12.9. The molecule has 2 heterocycles. The van der Waals surface area contributed by atoms with Gasteiger partial charge in [0.25, 0.3) is 0 Å². The second-order valence-corrected chi connectivity index (χ2v) is 7.01. The Bertz CT molecular complexity index is 851. The monoisotopic (exact) mass is 365 g/mol. The quantitative estimate of drug-likeness (QED) is 0.795. The second-order valence-electron chi connectivity index (χ2n) is 7.01. The Morgan fingerprint density at radius 2 is 1.63 bits per heavy atom. The third-order valence-corrected chi connectivity index (χ3v) is 5.34. The minimum Gasteiger partial charge on any atom is -0.433 e. The van der Waals surface area contributed by atoms with Crippen LogP contribution in [0.3, 0.4) is 0 Å². The standard InChI is InChI=1S/C22H23NO4/c1-17-13-14-21(15-18-9-5-3-6-10-18)22(25-2,26-17)27-20(24)23(21)16-19-11-7-4-8-12-19/h3-13H,14-16H2,1-2H3. The molecule has 0 radical (unpaired) electrons. The number of ether oxygens (including phenoxy) is 3. The largest absolute Gasteiger partial charge is 0.433 e. The molecule has 0 aromatic heterocycles. The molecule has 1 fully saturated rings. The molecule has 0 saturated carbocycles. The van der Waals surface area contributed by atoms with E-state index in [-0.39, 0.29) is 0 Å². The molecule has 2 atom stereocenters. The predicted molar refractivity (Wildman–Crippen MR) is 101 cm³/mol. The van der Waals surface area contributed by atoms with Crippen molar-refractivity contribution in [2.45, 2.75) is 37.8 Å². The summed E-state index contributed by atoms with van der Waals surface area (Å²) in [4.78, 5) is 14.7. The van der Waals surface area contributed by atoms with Gasteiger partial charge in [0.15, 0.2) is 5.54 Å². The molecule has 4 rings (SSSR count). The number of hydrogen-bond acceptors (Lipinski definition) is 4. The van der Waals surface area contributed by atoms with E-state index in [1.54, 1.807) is 4.90 Å². The van der Waals surface area contributed by atoms with E-state index >= 15 is 0 Å². The van der Waals surface area contributed by atoms with Crippen LogP contribution in [0.25, 0.3) is 0 Å². The molecule has 27 heavy (non-hydrogen) atoms. The molecular formula is C22H23NO4. The molecule has 2 aromatic carbocycles. The van der Waals surface area contributed by atoms with Gasteiger partial charge in [0, 0.05) is 20.0 Å². The molecule has 0 bridgehead atoms. The van der Waals surface area contributed by atoms with Gasteiger partial charge in [-0.3, -0.25) is 4.90 Å². The van der Waals surface area contributed by atoms with Gasteiger partial charge in [-0.25, -0.2) is 4.79 Å². The Balaban J connectivity index is 1.80. The van der Waals surface area contributed by atoms with Crippen molar-refractivity contribution in [2.75, 3.05) is 7.11 Å². The van der Waals surface area contributed by atoms with E-state index in [1.807, 2.05) is 73.7 Å². The average Bonchev–Trinajstić information content (AvgIpc) is 2.92. The van der Waals surface area contributed by atoms with E-state index < -0.39 is 17.6 Å². The summed E-state index contributed by atoms with van der Waals surface area (Å²) < 4.78 is 17.5. The van der Waals surface area contributed by atoms with Crippen LogP contribution in [-0.2, 0) is 27.2 Å². The van der Waals surface area contributed by atoms with Crippen LogP contribution in [0, 0.1) is 0 Å². The van der Waals surface area contributed by atoms with Crippen LogP contribution in [0.1, 0.15) is 24.5 Å². The van der Waals surface area contributed by atoms with Crippen molar-refractivity contribution in [3.63, 3.8) is 0 Å². The van der Waals surface area contributed by atoms with Gasteiger partial charge < -0.3 is 14.2 Å². The minimum absolute atomic E-state index is 0.424. The van der Waals surface area contributed by atoms with Gasteiger partial charge in [0.1, 0.15) is 0 Å². The summed E-state index contributed by atoms with van der Waals surface area (Å²) in [6.45, 7) is 2.27. The van der Waals surface area contributed by atoms with Gasteiger partial charge >= 0.3 is 12.1 Å². The van der Waals surface area contributed by atoms with Gasteiger partial charge in [-0.2, -0.15) is 0 Å². The fourth-order valence-electron chi connectivity index (χ4n) is 3.99. The number of carbonyl (C=O) groups is 1. The Kier molecular flexibility index (Phi) is 4.40. The molecule has 5 heteroatoms. The summed E-state index contributed by atoms with van der Waals surface area (Å²) in [7, 11) is 1.53. The third kappa shape index (κ3) is 2.88. The van der Waals surface area contributed by atoms with Crippen LogP contribution in [0.4, 0.5) is 4.79 Å². The van der Waals surface area contributed by atoms with Crippen molar-refractivity contribution < 1.29 is 19.0 Å². The van der Waals surface area contributed by atoms with E-state index in [9.17, 15) is 4.79 Å². The fraction of sp³-hybridized carbons (Fsp3) is 0.318. The van der Waals surface area contributed by atoms with Crippen LogP contribution in [0.15, 0.2) is 72.5 Å². The number of amides is 1. The maximum Gasteiger partial charge on any atom is 0.416 e. The number of methoxy groups -OCH3 is 1. The zero-order valence-corrected chi connectivity index (χ0v) is 15.6. The molecular weight excluding hydrogens is 342 g/mol. The third-order valence-electron chi connectivity index (χ3n) is 5.34. The van der Waals surface area contributed by atoms with Crippen LogP contribution < -0.4 is 0 Å². The van der Waals surface area contributed by atoms with Crippen molar-refractivity contribution in [1.29, 1.82) is 0 Å². The topological polar surface area (TPSA) is 48.0 Å². The molecule has 140 valence electrons. The van der Waals surface area contributed by atoms with Crippen LogP contribution in [-0.4, -0.2) is 29.6 Å². The van der Waals surface area contributed by atoms with Crippen LogP contribution >= 0.6 is 0 Å². The summed E-state index contributed by atoms with van der Waals surface area (Å²) in [5.41, 5.74) is 1.32. The molecule has 2 unspecified atom stereocenters. The first-order chi connectivity index (χ1) is 13.1. The van der Waals surface area contributed by atoms with Crippen molar-refractivity contribution in [2.24, 2.45) is 0 Å². The highest BCUT2D eigenvalue weighted by Gasteiger charge is 2.69. The van der Waals surface area contributed by atoms with Crippen molar-refractivity contribution in [3.8, 4) is 0 Å². The number of allylic oxidation sites excluding steroid dienone is 1. The lowest BCUT2D eigenvalue weighted by molar-refractivity contribution is -0.356.